The highest BCUT2D eigenvalue weighted by Crippen LogP contribution is 2.33. The number of anilines is 1. The van der Waals surface area contributed by atoms with Gasteiger partial charge in [0, 0.05) is 6.54 Å². The molecule has 108 valence electrons. The van der Waals surface area contributed by atoms with Crippen LogP contribution in [0.3, 0.4) is 0 Å². The zero-order valence-electron chi connectivity index (χ0n) is 11.6. The number of aromatic nitrogens is 2. The molecular formula is C13H17N3O2S2. The van der Waals surface area contributed by atoms with Crippen molar-refractivity contribution in [2.45, 2.75) is 35.2 Å². The first-order chi connectivity index (χ1) is 9.41. The zero-order chi connectivity index (χ0) is 14.9. The Morgan fingerprint density at radius 2 is 1.90 bits per heavy atom. The second kappa shape index (κ2) is 5.49. The van der Waals surface area contributed by atoms with Crippen molar-refractivity contribution in [3.8, 4) is 0 Å². The van der Waals surface area contributed by atoms with E-state index in [1.165, 1.54) is 16.4 Å². The number of rotatable bonds is 4. The summed E-state index contributed by atoms with van der Waals surface area (Å²) >= 11 is 1.28. The Morgan fingerprint density at radius 3 is 2.40 bits per heavy atom. The number of nitrogens with two attached hydrogens (primary N) is 1. The van der Waals surface area contributed by atoms with E-state index in [0.29, 0.717) is 11.6 Å². The van der Waals surface area contributed by atoms with Crippen molar-refractivity contribution in [3.63, 3.8) is 0 Å². The maximum atomic E-state index is 12.7. The van der Waals surface area contributed by atoms with Gasteiger partial charge in [-0.15, -0.1) is 11.8 Å². The molecule has 20 heavy (non-hydrogen) atoms. The quantitative estimate of drug-likeness (QED) is 0.877. The van der Waals surface area contributed by atoms with Crippen molar-refractivity contribution >= 4 is 27.4 Å². The number of thioether (sulfide) groups is 1. The van der Waals surface area contributed by atoms with E-state index in [-0.39, 0.29) is 15.6 Å². The summed E-state index contributed by atoms with van der Waals surface area (Å²) in [7, 11) is -3.65. The fourth-order valence-corrected chi connectivity index (χ4v) is 4.33. The Kier molecular flexibility index (Phi) is 4.10. The van der Waals surface area contributed by atoms with Crippen LogP contribution >= 0.6 is 11.8 Å². The van der Waals surface area contributed by atoms with Crippen LogP contribution in [-0.2, 0) is 16.4 Å². The lowest BCUT2D eigenvalue weighted by molar-refractivity contribution is 0.594. The molecule has 2 rings (SSSR count). The third-order valence-electron chi connectivity index (χ3n) is 3.01. The van der Waals surface area contributed by atoms with Gasteiger partial charge in [-0.1, -0.05) is 17.7 Å². The minimum atomic E-state index is -3.65. The van der Waals surface area contributed by atoms with Gasteiger partial charge < -0.3 is 5.73 Å². The van der Waals surface area contributed by atoms with Gasteiger partial charge >= 0.3 is 0 Å². The molecule has 0 aliphatic carbocycles. The predicted molar refractivity (Wildman–Crippen MR) is 80.7 cm³/mol. The van der Waals surface area contributed by atoms with Gasteiger partial charge in [0.1, 0.15) is 15.7 Å². The van der Waals surface area contributed by atoms with Crippen LogP contribution in [0.4, 0.5) is 5.82 Å². The molecule has 0 aliphatic heterocycles. The first-order valence-electron chi connectivity index (χ1n) is 6.13. The fourth-order valence-electron chi connectivity index (χ4n) is 1.90. The molecule has 0 saturated carbocycles. The number of hydrogen-bond donors (Lipinski definition) is 1. The molecule has 5 nitrogen and oxygen atoms in total. The topological polar surface area (TPSA) is 78.0 Å². The number of nitrogen functional groups attached to an aromatic ring is 1. The molecule has 0 unspecified atom stereocenters. The second-order valence-electron chi connectivity index (χ2n) is 4.36. The smallest absolute Gasteiger partial charge is 0.212 e. The minimum Gasteiger partial charge on any atom is -0.383 e. The van der Waals surface area contributed by atoms with Gasteiger partial charge in [-0.25, -0.2) is 13.1 Å². The lowest BCUT2D eigenvalue weighted by Gasteiger charge is -2.06. The summed E-state index contributed by atoms with van der Waals surface area (Å²) < 4.78 is 27.0. The van der Waals surface area contributed by atoms with Gasteiger partial charge in [-0.3, -0.25) is 0 Å². The molecule has 0 spiro atoms. The molecular weight excluding hydrogens is 294 g/mol. The van der Waals surface area contributed by atoms with Gasteiger partial charge in [-0.05, 0) is 32.2 Å². The number of aryl methyl sites for hydroxylation is 2. The molecule has 0 aliphatic rings. The monoisotopic (exact) mass is 311 g/mol. The molecule has 0 fully saturated rings. The van der Waals surface area contributed by atoms with Gasteiger partial charge in [0.15, 0.2) is 0 Å². The number of benzene rings is 1. The van der Waals surface area contributed by atoms with E-state index in [9.17, 15) is 8.42 Å². The summed E-state index contributed by atoms with van der Waals surface area (Å²) in [5.41, 5.74) is 6.96. The first-order valence-corrected chi connectivity index (χ1v) is 8.84. The number of sulfone groups is 1. The van der Waals surface area contributed by atoms with Crippen LogP contribution in [0.25, 0.3) is 0 Å². The summed E-state index contributed by atoms with van der Waals surface area (Å²) in [6.45, 7) is 4.31. The average molecular weight is 311 g/mol. The van der Waals surface area contributed by atoms with E-state index >= 15 is 0 Å². The second-order valence-corrected chi connectivity index (χ2v) is 7.04. The third-order valence-corrected chi connectivity index (χ3v) is 5.64. The summed E-state index contributed by atoms with van der Waals surface area (Å²) in [4.78, 5) is 0.344. The average Bonchev–Trinajstić information content (AvgIpc) is 2.76. The van der Waals surface area contributed by atoms with Crippen molar-refractivity contribution in [3.05, 3.63) is 29.8 Å². The molecule has 0 saturated heterocycles. The predicted octanol–water partition coefficient (Wildman–Crippen LogP) is 2.35. The first kappa shape index (κ1) is 14.9. The Labute approximate surface area is 123 Å². The Balaban J connectivity index is 2.65. The van der Waals surface area contributed by atoms with E-state index in [0.717, 1.165) is 5.56 Å². The van der Waals surface area contributed by atoms with Crippen molar-refractivity contribution in [1.29, 1.82) is 0 Å². The SMILES string of the molecule is CCn1nc(SC)c(S(=O)(=O)c2ccc(C)cc2)c1N. The Bertz CT molecular complexity index is 719. The fraction of sp³-hybridized carbons (Fsp3) is 0.308. The normalized spacial score (nSPS) is 11.8. The summed E-state index contributed by atoms with van der Waals surface area (Å²) in [6.07, 6.45) is 1.79. The molecule has 0 atom stereocenters. The molecule has 0 bridgehead atoms. The molecule has 2 aromatic rings. The summed E-state index contributed by atoms with van der Waals surface area (Å²) in [5.74, 6) is 0.192. The Hall–Kier alpha value is -1.47. The van der Waals surface area contributed by atoms with Gasteiger partial charge in [-0.2, -0.15) is 5.10 Å². The van der Waals surface area contributed by atoms with Crippen LogP contribution in [0.1, 0.15) is 12.5 Å². The van der Waals surface area contributed by atoms with Gasteiger partial charge in [0.2, 0.25) is 9.84 Å². The minimum absolute atomic E-state index is 0.107. The third kappa shape index (κ3) is 2.43. The van der Waals surface area contributed by atoms with Gasteiger partial charge in [0.05, 0.1) is 4.90 Å². The van der Waals surface area contributed by atoms with E-state index in [4.69, 9.17) is 5.73 Å². The standard InChI is InChI=1S/C13H17N3O2S2/c1-4-16-12(14)11(13(15-16)19-3)20(17,18)10-7-5-9(2)6-8-10/h5-8H,4,14H2,1-3H3. The highest BCUT2D eigenvalue weighted by atomic mass is 32.2. The largest absolute Gasteiger partial charge is 0.383 e. The van der Waals surface area contributed by atoms with E-state index < -0.39 is 9.84 Å². The zero-order valence-corrected chi connectivity index (χ0v) is 13.3. The summed E-state index contributed by atoms with van der Waals surface area (Å²) in [6, 6.07) is 6.73. The molecule has 1 aromatic carbocycles. The number of hydrogen-bond acceptors (Lipinski definition) is 5. The van der Waals surface area contributed by atoms with E-state index in [2.05, 4.69) is 5.10 Å². The maximum Gasteiger partial charge on any atom is 0.212 e. The van der Waals surface area contributed by atoms with Crippen molar-refractivity contribution < 1.29 is 8.42 Å². The molecule has 0 radical (unpaired) electrons. The molecule has 1 heterocycles. The number of nitrogens with zero attached hydrogens (tertiary/aromatic N) is 2. The van der Waals surface area contributed by atoms with Crippen molar-refractivity contribution in [2.75, 3.05) is 12.0 Å². The molecule has 1 aromatic heterocycles. The lowest BCUT2D eigenvalue weighted by atomic mass is 10.2. The van der Waals surface area contributed by atoms with Crippen LogP contribution in [0.15, 0.2) is 39.1 Å². The van der Waals surface area contributed by atoms with Crippen molar-refractivity contribution in [2.24, 2.45) is 0 Å². The van der Waals surface area contributed by atoms with Crippen LogP contribution in [0.5, 0.6) is 0 Å². The van der Waals surface area contributed by atoms with E-state index in [1.807, 2.05) is 13.8 Å². The highest BCUT2D eigenvalue weighted by Gasteiger charge is 2.28. The van der Waals surface area contributed by atoms with Crippen LogP contribution in [0.2, 0.25) is 0 Å². The maximum absolute atomic E-state index is 12.7. The lowest BCUT2D eigenvalue weighted by Crippen LogP contribution is -2.08. The highest BCUT2D eigenvalue weighted by molar-refractivity contribution is 7.99. The van der Waals surface area contributed by atoms with Crippen LogP contribution in [-0.4, -0.2) is 24.5 Å². The van der Waals surface area contributed by atoms with Crippen LogP contribution < -0.4 is 5.73 Å². The Morgan fingerprint density at radius 1 is 1.30 bits per heavy atom. The molecule has 7 heteroatoms. The molecule has 2 N–H and O–H groups in total. The summed E-state index contributed by atoms with van der Waals surface area (Å²) in [5, 5.41) is 4.67. The van der Waals surface area contributed by atoms with E-state index in [1.54, 1.807) is 30.5 Å². The molecule has 0 amide bonds. The van der Waals surface area contributed by atoms with Crippen molar-refractivity contribution in [1.82, 2.24) is 9.78 Å². The van der Waals surface area contributed by atoms with Gasteiger partial charge in [0.25, 0.3) is 0 Å². The van der Waals surface area contributed by atoms with Crippen LogP contribution in [0, 0.1) is 6.92 Å².